The number of hydrogen-bond acceptors (Lipinski definition) is 2. The molecule has 5 fully saturated rings. The van der Waals surface area contributed by atoms with Crippen molar-refractivity contribution in [1.82, 2.24) is 10.6 Å². The van der Waals surface area contributed by atoms with Crippen molar-refractivity contribution in [2.45, 2.75) is 83.2 Å². The largest absolute Gasteiger partial charge is 0.349 e. The van der Waals surface area contributed by atoms with Crippen LogP contribution in [0, 0.1) is 16.7 Å². The summed E-state index contributed by atoms with van der Waals surface area (Å²) in [5, 5.41) is 6.95. The zero-order chi connectivity index (χ0) is 14.7. The minimum atomic E-state index is 0.0624. The molecule has 2 unspecified atom stereocenters. The minimum Gasteiger partial charge on any atom is -0.349 e. The Morgan fingerprint density at radius 2 is 1.76 bits per heavy atom. The van der Waals surface area contributed by atoms with E-state index in [9.17, 15) is 4.79 Å². The third-order valence-electron chi connectivity index (χ3n) is 6.64. The van der Waals surface area contributed by atoms with Crippen molar-refractivity contribution in [3.05, 3.63) is 0 Å². The number of nitrogens with one attached hydrogen (secondary N) is 2. The van der Waals surface area contributed by atoms with Crippen LogP contribution in [0.2, 0.25) is 0 Å². The third kappa shape index (κ3) is 2.42. The number of amides is 1. The molecule has 2 N–H and O–H groups in total. The molecule has 3 heteroatoms. The number of rotatable bonds is 2. The van der Waals surface area contributed by atoms with Crippen molar-refractivity contribution in [1.29, 1.82) is 0 Å². The predicted octanol–water partition coefficient (Wildman–Crippen LogP) is 2.99. The predicted molar refractivity (Wildman–Crippen MR) is 83.9 cm³/mol. The molecule has 1 aliphatic heterocycles. The van der Waals surface area contributed by atoms with Crippen LogP contribution >= 0.6 is 0 Å². The van der Waals surface area contributed by atoms with Gasteiger partial charge in [-0.1, -0.05) is 20.3 Å². The lowest BCUT2D eigenvalue weighted by molar-refractivity contribution is -0.141. The lowest BCUT2D eigenvalue weighted by Crippen LogP contribution is -2.66. The molecule has 3 nitrogen and oxygen atoms in total. The van der Waals surface area contributed by atoms with Gasteiger partial charge in [0.2, 0.25) is 5.91 Å². The first-order valence-electron chi connectivity index (χ1n) is 8.95. The average Bonchev–Trinajstić information content (AvgIpc) is 2.34. The third-order valence-corrected chi connectivity index (χ3v) is 6.64. The van der Waals surface area contributed by atoms with E-state index in [1.165, 1.54) is 51.4 Å². The topological polar surface area (TPSA) is 41.1 Å². The molecule has 5 aliphatic rings. The van der Waals surface area contributed by atoms with Gasteiger partial charge in [0, 0.05) is 5.54 Å². The molecule has 0 spiro atoms. The van der Waals surface area contributed by atoms with Crippen molar-refractivity contribution < 1.29 is 4.79 Å². The lowest BCUT2D eigenvalue weighted by Gasteiger charge is -2.65. The maximum absolute atomic E-state index is 12.7. The summed E-state index contributed by atoms with van der Waals surface area (Å²) < 4.78 is 0. The second-order valence-electron chi connectivity index (χ2n) is 9.40. The van der Waals surface area contributed by atoms with Crippen LogP contribution in [-0.4, -0.2) is 24.0 Å². The molecule has 4 saturated carbocycles. The molecule has 4 aliphatic carbocycles. The maximum Gasteiger partial charge on any atom is 0.237 e. The van der Waals surface area contributed by atoms with Crippen LogP contribution in [0.5, 0.6) is 0 Å². The average molecular weight is 290 g/mol. The maximum atomic E-state index is 12.7. The summed E-state index contributed by atoms with van der Waals surface area (Å²) in [5.41, 5.74) is 1.06. The van der Waals surface area contributed by atoms with E-state index in [2.05, 4.69) is 24.5 Å². The molecule has 3 atom stereocenters. The van der Waals surface area contributed by atoms with Gasteiger partial charge >= 0.3 is 0 Å². The van der Waals surface area contributed by atoms with Gasteiger partial charge in [-0.05, 0) is 74.7 Å². The van der Waals surface area contributed by atoms with Gasteiger partial charge in [-0.25, -0.2) is 0 Å². The van der Waals surface area contributed by atoms with E-state index in [0.29, 0.717) is 10.8 Å². The summed E-state index contributed by atoms with van der Waals surface area (Å²) >= 11 is 0. The molecule has 5 rings (SSSR count). The minimum absolute atomic E-state index is 0.0624. The molecule has 0 aromatic rings. The lowest BCUT2D eigenvalue weighted by atomic mass is 9.43. The van der Waals surface area contributed by atoms with Gasteiger partial charge in [-0.3, -0.25) is 4.79 Å². The molecule has 0 aromatic carbocycles. The fourth-order valence-electron chi connectivity index (χ4n) is 7.01. The Kier molecular flexibility index (Phi) is 2.99. The Hall–Kier alpha value is -0.570. The molecule has 0 radical (unpaired) electrons. The summed E-state index contributed by atoms with van der Waals surface area (Å²) in [5.74, 6) is 1.12. The first-order valence-corrected chi connectivity index (χ1v) is 8.95. The van der Waals surface area contributed by atoms with Gasteiger partial charge in [0.25, 0.3) is 0 Å². The Bertz CT molecular complexity index is 436. The second kappa shape index (κ2) is 4.47. The van der Waals surface area contributed by atoms with Crippen molar-refractivity contribution in [2.75, 3.05) is 6.54 Å². The Balaban J connectivity index is 1.52. The van der Waals surface area contributed by atoms with Crippen LogP contribution < -0.4 is 10.6 Å². The molecule has 21 heavy (non-hydrogen) atoms. The van der Waals surface area contributed by atoms with Crippen LogP contribution in [0.3, 0.4) is 0 Å². The standard InChI is InChI=1S/C18H30N2O/c1-16-7-13-8-17(2,10-16)12-18(9-13,11-16)20-15(21)14-5-3-4-6-19-14/h13-14,19H,3-12H2,1-2H3,(H,20,21)/t13?,14-,16?,17?,18?/m0/s1. The van der Waals surface area contributed by atoms with Crippen LogP contribution in [0.15, 0.2) is 0 Å². The zero-order valence-electron chi connectivity index (χ0n) is 13.6. The fourth-order valence-corrected chi connectivity index (χ4v) is 7.01. The van der Waals surface area contributed by atoms with Gasteiger partial charge in [0.15, 0.2) is 0 Å². The van der Waals surface area contributed by atoms with Gasteiger partial charge in [0.05, 0.1) is 6.04 Å². The molecule has 1 amide bonds. The van der Waals surface area contributed by atoms with E-state index in [4.69, 9.17) is 0 Å². The van der Waals surface area contributed by atoms with Crippen LogP contribution in [-0.2, 0) is 4.79 Å². The quantitative estimate of drug-likeness (QED) is 0.821. The van der Waals surface area contributed by atoms with Gasteiger partial charge < -0.3 is 10.6 Å². The number of carbonyl (C=O) groups is 1. The van der Waals surface area contributed by atoms with Gasteiger partial charge in [-0.15, -0.1) is 0 Å². The van der Waals surface area contributed by atoms with Crippen molar-refractivity contribution in [3.63, 3.8) is 0 Å². The number of piperidine rings is 1. The van der Waals surface area contributed by atoms with Crippen molar-refractivity contribution in [2.24, 2.45) is 16.7 Å². The summed E-state index contributed by atoms with van der Waals surface area (Å²) in [6.45, 7) is 5.94. The highest BCUT2D eigenvalue weighted by atomic mass is 16.2. The summed E-state index contributed by atoms with van der Waals surface area (Å²) in [6.07, 6.45) is 11.2. The van der Waals surface area contributed by atoms with Crippen molar-refractivity contribution in [3.8, 4) is 0 Å². The van der Waals surface area contributed by atoms with Crippen LogP contribution in [0.1, 0.15) is 71.6 Å². The second-order valence-corrected chi connectivity index (χ2v) is 9.40. The molecule has 1 saturated heterocycles. The first kappa shape index (κ1) is 14.0. The highest BCUT2D eigenvalue weighted by molar-refractivity contribution is 5.82. The molecule has 1 heterocycles. The number of hydrogen-bond donors (Lipinski definition) is 2. The smallest absolute Gasteiger partial charge is 0.237 e. The molecule has 4 bridgehead atoms. The van der Waals surface area contributed by atoms with E-state index < -0.39 is 0 Å². The van der Waals surface area contributed by atoms with E-state index in [0.717, 1.165) is 18.9 Å². The van der Waals surface area contributed by atoms with Gasteiger partial charge in [-0.2, -0.15) is 0 Å². The van der Waals surface area contributed by atoms with Crippen LogP contribution in [0.25, 0.3) is 0 Å². The Labute approximate surface area is 128 Å². The van der Waals surface area contributed by atoms with Gasteiger partial charge in [0.1, 0.15) is 0 Å². The van der Waals surface area contributed by atoms with E-state index in [-0.39, 0.29) is 17.5 Å². The normalized spacial score (nSPS) is 51.9. The van der Waals surface area contributed by atoms with E-state index in [1.54, 1.807) is 0 Å². The molecule has 118 valence electrons. The monoisotopic (exact) mass is 290 g/mol. The summed E-state index contributed by atoms with van der Waals surface area (Å²) in [6, 6.07) is 0.0624. The first-order chi connectivity index (χ1) is 9.90. The van der Waals surface area contributed by atoms with Crippen LogP contribution in [0.4, 0.5) is 0 Å². The Morgan fingerprint density at radius 1 is 1.05 bits per heavy atom. The zero-order valence-corrected chi connectivity index (χ0v) is 13.6. The number of carbonyl (C=O) groups excluding carboxylic acids is 1. The molecule has 0 aromatic heterocycles. The summed E-state index contributed by atoms with van der Waals surface area (Å²) in [7, 11) is 0. The van der Waals surface area contributed by atoms with Crippen molar-refractivity contribution >= 4 is 5.91 Å². The fraction of sp³-hybridized carbons (Fsp3) is 0.944. The highest BCUT2D eigenvalue weighted by Gasteiger charge is 2.60. The molecular formula is C18H30N2O. The van der Waals surface area contributed by atoms with E-state index >= 15 is 0 Å². The Morgan fingerprint density at radius 3 is 2.33 bits per heavy atom. The molecular weight excluding hydrogens is 260 g/mol. The SMILES string of the molecule is CC12CC3CC(C)(C1)CC(NC(=O)[C@@H]1CCCCN1)(C3)C2. The highest BCUT2D eigenvalue weighted by Crippen LogP contribution is 2.66. The van der Waals surface area contributed by atoms with E-state index in [1.807, 2.05) is 0 Å². The summed E-state index contributed by atoms with van der Waals surface area (Å²) in [4.78, 5) is 12.7.